The minimum absolute atomic E-state index is 0.0649. The zero-order valence-electron chi connectivity index (χ0n) is 13.2. The monoisotopic (exact) mass is 330 g/mol. The lowest BCUT2D eigenvalue weighted by Gasteiger charge is -2.14. The second kappa shape index (κ2) is 6.54. The van der Waals surface area contributed by atoms with Crippen molar-refractivity contribution in [3.8, 4) is 0 Å². The molecule has 3 nitrogen and oxygen atoms in total. The number of carbonyl (C=O) groups is 1. The third-order valence-corrected chi connectivity index (χ3v) is 4.85. The molecule has 0 unspecified atom stereocenters. The Hall–Kier alpha value is -2.14. The number of hydrogen-bond acceptors (Lipinski definition) is 2. The molecule has 3 aromatic rings. The number of benzene rings is 1. The highest BCUT2D eigenvalue weighted by atomic mass is 32.1. The van der Waals surface area contributed by atoms with E-state index in [4.69, 9.17) is 0 Å². The van der Waals surface area contributed by atoms with Gasteiger partial charge in [-0.05, 0) is 48.6 Å². The molecular formula is C18H19FN2OS. The second-order valence-electron chi connectivity index (χ2n) is 5.70. The summed E-state index contributed by atoms with van der Waals surface area (Å²) in [6.45, 7) is 4.58. The highest BCUT2D eigenvalue weighted by Crippen LogP contribution is 2.26. The molecule has 0 saturated heterocycles. The van der Waals surface area contributed by atoms with Crippen LogP contribution in [0.25, 0.3) is 10.2 Å². The van der Waals surface area contributed by atoms with Crippen molar-refractivity contribution in [3.63, 3.8) is 0 Å². The van der Waals surface area contributed by atoms with Crippen LogP contribution in [0.4, 0.5) is 4.39 Å². The maximum absolute atomic E-state index is 13.1. The fourth-order valence-electron chi connectivity index (χ4n) is 2.51. The molecule has 1 N–H and O–H groups in total. The van der Waals surface area contributed by atoms with E-state index in [1.165, 1.54) is 12.1 Å². The number of rotatable bonds is 5. The van der Waals surface area contributed by atoms with Crippen LogP contribution in [-0.2, 0) is 6.54 Å². The first-order valence-corrected chi connectivity index (χ1v) is 8.58. The van der Waals surface area contributed by atoms with E-state index in [2.05, 4.69) is 5.32 Å². The predicted molar refractivity (Wildman–Crippen MR) is 92.5 cm³/mol. The van der Waals surface area contributed by atoms with Crippen LogP contribution >= 0.6 is 11.3 Å². The van der Waals surface area contributed by atoms with E-state index >= 15 is 0 Å². The van der Waals surface area contributed by atoms with E-state index in [1.54, 1.807) is 23.5 Å². The quantitative estimate of drug-likeness (QED) is 0.738. The Labute approximate surface area is 138 Å². The molecule has 0 spiro atoms. The summed E-state index contributed by atoms with van der Waals surface area (Å²) in [6, 6.07) is 10.5. The van der Waals surface area contributed by atoms with Gasteiger partial charge in [0.05, 0.1) is 10.2 Å². The molecule has 5 heteroatoms. The molecule has 0 bridgehead atoms. The molecular weight excluding hydrogens is 311 g/mol. The van der Waals surface area contributed by atoms with Crippen LogP contribution in [0.5, 0.6) is 0 Å². The zero-order chi connectivity index (χ0) is 16.4. The number of hydrogen-bond donors (Lipinski definition) is 1. The van der Waals surface area contributed by atoms with Gasteiger partial charge in [-0.3, -0.25) is 4.79 Å². The van der Waals surface area contributed by atoms with Crippen molar-refractivity contribution in [3.05, 3.63) is 58.9 Å². The Morgan fingerprint density at radius 2 is 2.04 bits per heavy atom. The average Bonchev–Trinajstić information content (AvgIpc) is 3.12. The summed E-state index contributed by atoms with van der Waals surface area (Å²) in [7, 11) is 0. The minimum atomic E-state index is -0.253. The van der Waals surface area contributed by atoms with E-state index in [0.717, 1.165) is 22.2 Å². The number of aromatic nitrogens is 1. The average molecular weight is 330 g/mol. The molecule has 1 amide bonds. The van der Waals surface area contributed by atoms with Crippen molar-refractivity contribution in [2.45, 2.75) is 32.9 Å². The summed E-state index contributed by atoms with van der Waals surface area (Å²) in [5.74, 6) is -0.318. The van der Waals surface area contributed by atoms with Gasteiger partial charge in [0.25, 0.3) is 5.91 Å². The number of fused-ring (bicyclic) bond motifs is 1. The zero-order valence-corrected chi connectivity index (χ0v) is 14.0. The van der Waals surface area contributed by atoms with E-state index in [0.29, 0.717) is 12.2 Å². The van der Waals surface area contributed by atoms with Crippen LogP contribution in [0, 0.1) is 5.82 Å². The molecule has 0 aliphatic heterocycles. The molecule has 2 aromatic heterocycles. The first kappa shape index (κ1) is 15.7. The number of nitrogens with one attached hydrogen (secondary N) is 1. The Morgan fingerprint density at radius 3 is 2.74 bits per heavy atom. The summed E-state index contributed by atoms with van der Waals surface area (Å²) in [5, 5.41) is 5.03. The fraction of sp³-hybridized carbons (Fsp3) is 0.278. The number of halogens is 1. The summed E-state index contributed by atoms with van der Waals surface area (Å²) in [6.07, 6.45) is 0.888. The lowest BCUT2D eigenvalue weighted by molar-refractivity contribution is 0.0931. The first-order valence-electron chi connectivity index (χ1n) is 7.70. The molecule has 23 heavy (non-hydrogen) atoms. The molecule has 3 rings (SSSR count). The molecule has 1 atom stereocenters. The van der Waals surface area contributed by atoms with Gasteiger partial charge in [-0.2, -0.15) is 0 Å². The van der Waals surface area contributed by atoms with Crippen LogP contribution < -0.4 is 5.32 Å². The van der Waals surface area contributed by atoms with Gasteiger partial charge < -0.3 is 9.88 Å². The Kier molecular flexibility index (Phi) is 4.48. The van der Waals surface area contributed by atoms with Gasteiger partial charge in [0, 0.05) is 12.6 Å². The van der Waals surface area contributed by atoms with E-state index in [1.807, 2.05) is 35.9 Å². The van der Waals surface area contributed by atoms with Gasteiger partial charge in [0.15, 0.2) is 0 Å². The Morgan fingerprint density at radius 1 is 1.30 bits per heavy atom. The Bertz CT molecular complexity index is 819. The van der Waals surface area contributed by atoms with Gasteiger partial charge in [0.2, 0.25) is 0 Å². The Balaban J connectivity index is 1.96. The van der Waals surface area contributed by atoms with Crippen molar-refractivity contribution >= 4 is 27.5 Å². The maximum atomic E-state index is 13.1. The standard InChI is InChI=1S/C18H19FN2OS/c1-3-12(2)20-18(22)16-10-17-15(8-9-23-17)21(16)11-13-4-6-14(19)7-5-13/h4-10,12H,3,11H2,1-2H3,(H,20,22)/t12-/m0/s1. The second-order valence-corrected chi connectivity index (χ2v) is 6.64. The van der Waals surface area contributed by atoms with Crippen LogP contribution in [0.3, 0.4) is 0 Å². The van der Waals surface area contributed by atoms with E-state index < -0.39 is 0 Å². The largest absolute Gasteiger partial charge is 0.348 e. The summed E-state index contributed by atoms with van der Waals surface area (Å²) in [5.41, 5.74) is 2.65. The number of amides is 1. The molecule has 0 aliphatic rings. The van der Waals surface area contributed by atoms with E-state index in [-0.39, 0.29) is 17.8 Å². The third-order valence-electron chi connectivity index (χ3n) is 4.00. The van der Waals surface area contributed by atoms with Crippen molar-refractivity contribution in [2.75, 3.05) is 0 Å². The van der Waals surface area contributed by atoms with Crippen LogP contribution in [-0.4, -0.2) is 16.5 Å². The lowest BCUT2D eigenvalue weighted by Crippen LogP contribution is -2.33. The van der Waals surface area contributed by atoms with Crippen molar-refractivity contribution in [2.24, 2.45) is 0 Å². The normalized spacial score (nSPS) is 12.5. The molecule has 1 aromatic carbocycles. The van der Waals surface area contributed by atoms with E-state index in [9.17, 15) is 9.18 Å². The predicted octanol–water partition coefficient (Wildman–Crippen LogP) is 4.42. The smallest absolute Gasteiger partial charge is 0.268 e. The fourth-order valence-corrected chi connectivity index (χ4v) is 3.33. The molecule has 2 heterocycles. The summed E-state index contributed by atoms with van der Waals surface area (Å²) in [4.78, 5) is 12.6. The van der Waals surface area contributed by atoms with Crippen molar-refractivity contribution in [1.29, 1.82) is 0 Å². The maximum Gasteiger partial charge on any atom is 0.268 e. The highest BCUT2D eigenvalue weighted by Gasteiger charge is 2.17. The van der Waals surface area contributed by atoms with Crippen LogP contribution in [0.15, 0.2) is 41.8 Å². The number of nitrogens with zero attached hydrogens (tertiary/aromatic N) is 1. The van der Waals surface area contributed by atoms with Crippen LogP contribution in [0.1, 0.15) is 36.3 Å². The molecule has 0 aliphatic carbocycles. The molecule has 0 saturated carbocycles. The highest BCUT2D eigenvalue weighted by molar-refractivity contribution is 7.17. The lowest BCUT2D eigenvalue weighted by atomic mass is 10.2. The van der Waals surface area contributed by atoms with Crippen molar-refractivity contribution in [1.82, 2.24) is 9.88 Å². The molecule has 0 fully saturated rings. The van der Waals surface area contributed by atoms with Gasteiger partial charge in [-0.15, -0.1) is 11.3 Å². The van der Waals surface area contributed by atoms with Gasteiger partial charge in [-0.1, -0.05) is 19.1 Å². The van der Waals surface area contributed by atoms with Crippen LogP contribution in [0.2, 0.25) is 0 Å². The topological polar surface area (TPSA) is 34.0 Å². The first-order chi connectivity index (χ1) is 11.1. The van der Waals surface area contributed by atoms with Gasteiger partial charge in [-0.25, -0.2) is 4.39 Å². The van der Waals surface area contributed by atoms with Gasteiger partial charge in [0.1, 0.15) is 11.5 Å². The van der Waals surface area contributed by atoms with Gasteiger partial charge >= 0.3 is 0 Å². The number of thiophene rings is 1. The molecule has 0 radical (unpaired) electrons. The minimum Gasteiger partial charge on any atom is -0.348 e. The van der Waals surface area contributed by atoms with Crippen molar-refractivity contribution < 1.29 is 9.18 Å². The summed E-state index contributed by atoms with van der Waals surface area (Å²) < 4.78 is 16.2. The number of carbonyl (C=O) groups excluding carboxylic acids is 1. The molecule has 120 valence electrons. The third kappa shape index (κ3) is 3.29. The summed E-state index contributed by atoms with van der Waals surface area (Å²) >= 11 is 1.62. The SMILES string of the molecule is CC[C@H](C)NC(=O)c1cc2sccc2n1Cc1ccc(F)cc1.